The minimum absolute atomic E-state index is 0.0411. The van der Waals surface area contributed by atoms with E-state index in [0.29, 0.717) is 30.5 Å². The Labute approximate surface area is 225 Å². The van der Waals surface area contributed by atoms with E-state index in [1.54, 1.807) is 24.3 Å². The minimum atomic E-state index is -0.617. The average Bonchev–Trinajstić information content (AvgIpc) is 3.10. The normalized spacial score (nSPS) is 27.0. The zero-order valence-electron chi connectivity index (χ0n) is 23.2. The van der Waals surface area contributed by atoms with Crippen molar-refractivity contribution in [3.63, 3.8) is 0 Å². The maximum Gasteiger partial charge on any atom is 0.410 e. The Morgan fingerprint density at radius 1 is 0.974 bits per heavy atom. The zero-order valence-corrected chi connectivity index (χ0v) is 23.2. The van der Waals surface area contributed by atoms with Gasteiger partial charge in [-0.25, -0.2) is 4.79 Å². The van der Waals surface area contributed by atoms with E-state index in [2.05, 4.69) is 19.1 Å². The second-order valence-electron chi connectivity index (χ2n) is 12.4. The van der Waals surface area contributed by atoms with Crippen molar-refractivity contribution in [2.75, 3.05) is 6.54 Å². The summed E-state index contributed by atoms with van der Waals surface area (Å²) in [6.45, 7) is 12.3. The number of hydrogen-bond acceptors (Lipinski definition) is 5. The number of carbonyl (C=O) groups is 3. The van der Waals surface area contributed by atoms with Crippen LogP contribution >= 0.6 is 0 Å². The van der Waals surface area contributed by atoms with E-state index >= 15 is 0 Å². The molecule has 2 aliphatic heterocycles. The molecule has 7 nitrogen and oxygen atoms in total. The first-order valence-corrected chi connectivity index (χ1v) is 13.6. The highest BCUT2D eigenvalue weighted by atomic mass is 16.6. The van der Waals surface area contributed by atoms with Gasteiger partial charge in [-0.2, -0.15) is 0 Å². The molecule has 3 aliphatic rings. The van der Waals surface area contributed by atoms with Crippen molar-refractivity contribution in [1.82, 2.24) is 9.80 Å². The topological polar surface area (TPSA) is 76.2 Å². The van der Waals surface area contributed by atoms with Crippen molar-refractivity contribution in [2.45, 2.75) is 90.0 Å². The van der Waals surface area contributed by atoms with Crippen LogP contribution in [0.3, 0.4) is 0 Å². The van der Waals surface area contributed by atoms with Gasteiger partial charge in [0.15, 0.2) is 0 Å². The molecule has 1 saturated heterocycles. The smallest absolute Gasteiger partial charge is 0.410 e. The third kappa shape index (κ3) is 4.56. The maximum atomic E-state index is 13.5. The van der Waals surface area contributed by atoms with Gasteiger partial charge in [0, 0.05) is 24.0 Å². The molecule has 2 bridgehead atoms. The van der Waals surface area contributed by atoms with Crippen LogP contribution in [0.15, 0.2) is 48.5 Å². The summed E-state index contributed by atoms with van der Waals surface area (Å²) in [5.41, 5.74) is 1.07. The van der Waals surface area contributed by atoms with Crippen molar-refractivity contribution < 1.29 is 23.9 Å². The minimum Gasteiger partial charge on any atom is -0.491 e. The number of carbonyl (C=O) groups excluding carboxylic acids is 3. The Morgan fingerprint density at radius 3 is 2.21 bits per heavy atom. The molecule has 3 amide bonds. The first kappa shape index (κ1) is 26.3. The number of likely N-dealkylation sites (tertiary alicyclic amines) is 1. The summed E-state index contributed by atoms with van der Waals surface area (Å²) in [5, 5.41) is 0. The summed E-state index contributed by atoms with van der Waals surface area (Å²) < 4.78 is 11.8. The average molecular weight is 519 g/mol. The largest absolute Gasteiger partial charge is 0.491 e. The zero-order chi connectivity index (χ0) is 27.4. The van der Waals surface area contributed by atoms with E-state index in [1.165, 1.54) is 4.90 Å². The highest BCUT2D eigenvalue weighted by Gasteiger charge is 2.55. The molecule has 0 spiro atoms. The Balaban J connectivity index is 1.55. The van der Waals surface area contributed by atoms with Gasteiger partial charge in [-0.15, -0.1) is 0 Å². The van der Waals surface area contributed by atoms with Crippen LogP contribution in [-0.4, -0.2) is 58.0 Å². The number of piperidine rings is 1. The standard InChI is InChI=1S/C31H38N2O5/c1-19(2)37-24-11-9-10-21(14-24)31-16-22(32(18-20(31)3)29(36)38-30(4,5)6)15-23(17-31)33-27(34)25-12-7-8-13-26(25)28(33)35/h7-14,19-20,22-23H,15-18H2,1-6H3/t20-,22+,23+,31-/m1/s1. The molecule has 0 N–H and O–H groups in total. The maximum absolute atomic E-state index is 13.5. The van der Waals surface area contributed by atoms with E-state index < -0.39 is 5.60 Å². The van der Waals surface area contributed by atoms with Crippen molar-refractivity contribution in [1.29, 1.82) is 0 Å². The fourth-order valence-corrected chi connectivity index (χ4v) is 6.62. The lowest BCUT2D eigenvalue weighted by Crippen LogP contribution is -2.63. The highest BCUT2D eigenvalue weighted by molar-refractivity contribution is 6.21. The lowest BCUT2D eigenvalue weighted by molar-refractivity contribution is -0.0389. The molecule has 0 aromatic heterocycles. The summed E-state index contributed by atoms with van der Waals surface area (Å²) >= 11 is 0. The van der Waals surface area contributed by atoms with Gasteiger partial charge in [-0.1, -0.05) is 31.2 Å². The molecular formula is C31H38N2O5. The van der Waals surface area contributed by atoms with Gasteiger partial charge >= 0.3 is 6.09 Å². The number of amides is 3. The van der Waals surface area contributed by atoms with Gasteiger partial charge < -0.3 is 14.4 Å². The molecule has 4 atom stereocenters. The lowest BCUT2D eigenvalue weighted by atomic mass is 9.57. The van der Waals surface area contributed by atoms with E-state index in [4.69, 9.17) is 9.47 Å². The van der Waals surface area contributed by atoms with Crippen molar-refractivity contribution in [3.05, 3.63) is 65.2 Å². The SMILES string of the molecule is CC(C)Oc1cccc([C@]23C[C@H](C[C@H](N4C(=O)c5ccccc5C4=O)C2)N(C(=O)OC(C)(C)C)C[C@H]3C)c1. The predicted molar refractivity (Wildman–Crippen MR) is 144 cm³/mol. The number of imide groups is 1. The second-order valence-corrected chi connectivity index (χ2v) is 12.4. The highest BCUT2D eigenvalue weighted by Crippen LogP contribution is 2.52. The van der Waals surface area contributed by atoms with E-state index in [9.17, 15) is 14.4 Å². The fraction of sp³-hybridized carbons (Fsp3) is 0.516. The fourth-order valence-electron chi connectivity index (χ4n) is 6.62. The molecule has 1 aliphatic carbocycles. The number of ether oxygens (including phenoxy) is 2. The molecular weight excluding hydrogens is 480 g/mol. The molecule has 2 heterocycles. The molecule has 2 fully saturated rings. The van der Waals surface area contributed by atoms with Crippen molar-refractivity contribution >= 4 is 17.9 Å². The summed E-state index contributed by atoms with van der Waals surface area (Å²) in [6, 6.07) is 14.7. The number of rotatable bonds is 4. The first-order chi connectivity index (χ1) is 17.9. The van der Waals surface area contributed by atoms with Gasteiger partial charge in [0.2, 0.25) is 0 Å². The van der Waals surface area contributed by atoms with E-state index in [0.717, 1.165) is 17.7 Å². The Hall–Kier alpha value is -3.35. The van der Waals surface area contributed by atoms with Crippen LogP contribution < -0.4 is 4.74 Å². The number of nitrogens with zero attached hydrogens (tertiary/aromatic N) is 2. The lowest BCUT2D eigenvalue weighted by Gasteiger charge is -2.57. The molecule has 0 unspecified atom stereocenters. The predicted octanol–water partition coefficient (Wildman–Crippen LogP) is 5.82. The van der Waals surface area contributed by atoms with Gasteiger partial charge in [0.25, 0.3) is 11.8 Å². The number of hydrogen-bond donors (Lipinski definition) is 0. The van der Waals surface area contributed by atoms with Crippen molar-refractivity contribution in [3.8, 4) is 5.75 Å². The first-order valence-electron chi connectivity index (χ1n) is 13.6. The van der Waals surface area contributed by atoms with Gasteiger partial charge in [0.05, 0.1) is 17.2 Å². The van der Waals surface area contributed by atoms with Crippen LogP contribution in [0.25, 0.3) is 0 Å². The quantitative estimate of drug-likeness (QED) is 0.477. The van der Waals surface area contributed by atoms with Gasteiger partial charge in [0.1, 0.15) is 11.4 Å². The molecule has 7 heteroatoms. The van der Waals surface area contributed by atoms with Crippen LogP contribution in [0.2, 0.25) is 0 Å². The number of benzene rings is 2. The number of fused-ring (bicyclic) bond motifs is 3. The third-order valence-electron chi connectivity index (χ3n) is 8.20. The summed E-state index contributed by atoms with van der Waals surface area (Å²) in [4.78, 5) is 43.6. The van der Waals surface area contributed by atoms with Crippen molar-refractivity contribution in [2.24, 2.45) is 5.92 Å². The molecule has 202 valence electrons. The molecule has 38 heavy (non-hydrogen) atoms. The van der Waals surface area contributed by atoms with E-state index in [-0.39, 0.29) is 47.4 Å². The Bertz CT molecular complexity index is 1230. The summed E-state index contributed by atoms with van der Waals surface area (Å²) in [5.74, 6) is 0.366. The monoisotopic (exact) mass is 518 g/mol. The molecule has 2 aromatic rings. The van der Waals surface area contributed by atoms with Crippen LogP contribution in [0.4, 0.5) is 4.79 Å². The Kier molecular flexibility index (Phi) is 6.52. The third-order valence-corrected chi connectivity index (χ3v) is 8.20. The molecule has 2 aromatic carbocycles. The summed E-state index contributed by atoms with van der Waals surface area (Å²) in [7, 11) is 0. The van der Waals surface area contributed by atoms with E-state index in [1.807, 2.05) is 51.7 Å². The van der Waals surface area contributed by atoms with Crippen LogP contribution in [0.1, 0.15) is 87.1 Å². The Morgan fingerprint density at radius 2 is 1.61 bits per heavy atom. The molecule has 5 rings (SSSR count). The van der Waals surface area contributed by atoms with Crippen LogP contribution in [0, 0.1) is 5.92 Å². The van der Waals surface area contributed by atoms with Crippen LogP contribution in [-0.2, 0) is 10.2 Å². The summed E-state index contributed by atoms with van der Waals surface area (Å²) in [6.07, 6.45) is 1.60. The second kappa shape index (κ2) is 9.44. The van der Waals surface area contributed by atoms with Gasteiger partial charge in [-0.3, -0.25) is 14.5 Å². The molecule has 0 radical (unpaired) electrons. The van der Waals surface area contributed by atoms with Gasteiger partial charge in [-0.05, 0) is 89.6 Å². The molecule has 1 saturated carbocycles. The van der Waals surface area contributed by atoms with Crippen LogP contribution in [0.5, 0.6) is 5.75 Å².